The van der Waals surface area contributed by atoms with E-state index in [-0.39, 0.29) is 12.7 Å². The van der Waals surface area contributed by atoms with Gasteiger partial charge in [0.15, 0.2) is 0 Å². The number of unbranched alkanes of at least 4 members (excludes halogenated alkanes) is 1. The van der Waals surface area contributed by atoms with E-state index in [0.717, 1.165) is 12.8 Å². The van der Waals surface area contributed by atoms with E-state index in [0.29, 0.717) is 12.3 Å². The molecule has 0 aromatic carbocycles. The van der Waals surface area contributed by atoms with Gasteiger partial charge in [-0.15, -0.1) is 6.58 Å². The molecule has 72 valence electrons. The maximum Gasteiger partial charge on any atom is 0.393 e. The molecule has 0 radical (unpaired) electrons. The van der Waals surface area contributed by atoms with Gasteiger partial charge in [-0.1, -0.05) is 6.08 Å². The van der Waals surface area contributed by atoms with Gasteiger partial charge in [0.1, 0.15) is 12.0 Å². The Labute approximate surface area is 76.9 Å². The summed E-state index contributed by atoms with van der Waals surface area (Å²) < 4.78 is 10.1. The predicted molar refractivity (Wildman–Crippen MR) is 47.4 cm³/mol. The summed E-state index contributed by atoms with van der Waals surface area (Å²) in [5.74, 6) is 0. The number of aliphatic hydroxyl groups is 1. The fourth-order valence-electron chi connectivity index (χ4n) is 0.814. The zero-order valence-corrected chi connectivity index (χ0v) is 7.40. The molecule has 0 unspecified atom stereocenters. The number of hydrogen-bond donors (Lipinski definition) is 1. The summed E-state index contributed by atoms with van der Waals surface area (Å²) in [7, 11) is 0. The Hall–Kier alpha value is -1.29. The molecular formula is C9H13NO3. The molecule has 1 aromatic rings. The molecule has 1 rings (SSSR count). The van der Waals surface area contributed by atoms with Crippen LogP contribution in [-0.4, -0.2) is 16.7 Å². The third-order valence-electron chi connectivity index (χ3n) is 1.47. The van der Waals surface area contributed by atoms with Gasteiger partial charge in [-0.25, -0.2) is 0 Å². The molecular weight excluding hydrogens is 170 g/mol. The van der Waals surface area contributed by atoms with Crippen molar-refractivity contribution in [1.82, 2.24) is 4.98 Å². The van der Waals surface area contributed by atoms with Crippen LogP contribution in [0, 0.1) is 0 Å². The average molecular weight is 183 g/mol. The largest absolute Gasteiger partial charge is 0.450 e. The molecule has 0 amide bonds. The second-order valence-electron chi connectivity index (χ2n) is 2.54. The summed E-state index contributed by atoms with van der Waals surface area (Å²) in [6.45, 7) is 4.02. The minimum absolute atomic E-state index is 0.125. The highest BCUT2D eigenvalue weighted by molar-refractivity contribution is 4.97. The van der Waals surface area contributed by atoms with Gasteiger partial charge in [0, 0.05) is 0 Å². The Kier molecular flexibility index (Phi) is 4.05. The van der Waals surface area contributed by atoms with Gasteiger partial charge in [0.05, 0.1) is 13.2 Å². The van der Waals surface area contributed by atoms with Gasteiger partial charge < -0.3 is 14.3 Å². The Morgan fingerprint density at radius 1 is 1.69 bits per heavy atom. The van der Waals surface area contributed by atoms with Crippen molar-refractivity contribution in [1.29, 1.82) is 0 Å². The Bertz CT molecular complexity index is 257. The van der Waals surface area contributed by atoms with Crippen LogP contribution < -0.4 is 4.74 Å². The van der Waals surface area contributed by atoms with E-state index in [2.05, 4.69) is 11.6 Å². The van der Waals surface area contributed by atoms with Crippen molar-refractivity contribution in [2.45, 2.75) is 19.4 Å². The molecule has 0 spiro atoms. The molecule has 0 bridgehead atoms. The van der Waals surface area contributed by atoms with Gasteiger partial charge in [0.2, 0.25) is 0 Å². The Morgan fingerprint density at radius 2 is 2.54 bits per heavy atom. The minimum atomic E-state index is -0.125. The van der Waals surface area contributed by atoms with E-state index in [1.165, 1.54) is 6.26 Å². The van der Waals surface area contributed by atoms with Crippen LogP contribution in [-0.2, 0) is 6.61 Å². The predicted octanol–water partition coefficient (Wildman–Crippen LogP) is 1.51. The normalized spacial score (nSPS) is 9.92. The average Bonchev–Trinajstić information content (AvgIpc) is 2.60. The SMILES string of the molecule is C=CCCCOc1nc(CO)co1. The van der Waals surface area contributed by atoms with Gasteiger partial charge in [-0.3, -0.25) is 0 Å². The standard InChI is InChI=1S/C9H13NO3/c1-2-3-4-5-12-9-10-8(6-11)7-13-9/h2,7,11H,1,3-6H2. The van der Waals surface area contributed by atoms with Crippen LogP contribution in [0.4, 0.5) is 0 Å². The van der Waals surface area contributed by atoms with Crippen LogP contribution in [0.3, 0.4) is 0 Å². The van der Waals surface area contributed by atoms with Crippen LogP contribution in [0.5, 0.6) is 6.08 Å². The van der Waals surface area contributed by atoms with Crippen LogP contribution >= 0.6 is 0 Å². The van der Waals surface area contributed by atoms with E-state index in [1.807, 2.05) is 6.08 Å². The number of allylic oxidation sites excluding steroid dienone is 1. The summed E-state index contributed by atoms with van der Waals surface area (Å²) in [4.78, 5) is 3.86. The maximum absolute atomic E-state index is 8.67. The second kappa shape index (κ2) is 5.37. The number of nitrogens with zero attached hydrogens (tertiary/aromatic N) is 1. The molecule has 1 heterocycles. The van der Waals surface area contributed by atoms with Crippen LogP contribution in [0.2, 0.25) is 0 Å². The van der Waals surface area contributed by atoms with Crippen molar-refractivity contribution in [3.63, 3.8) is 0 Å². The first kappa shape index (κ1) is 9.80. The van der Waals surface area contributed by atoms with Crippen molar-refractivity contribution in [2.75, 3.05) is 6.61 Å². The van der Waals surface area contributed by atoms with Gasteiger partial charge in [-0.2, -0.15) is 4.98 Å². The molecule has 0 aliphatic rings. The summed E-state index contributed by atoms with van der Waals surface area (Å²) in [6.07, 6.45) is 5.22. The van der Waals surface area contributed by atoms with E-state index in [1.54, 1.807) is 0 Å². The number of ether oxygens (including phenoxy) is 1. The van der Waals surface area contributed by atoms with E-state index >= 15 is 0 Å². The molecule has 13 heavy (non-hydrogen) atoms. The molecule has 0 saturated heterocycles. The molecule has 4 heteroatoms. The molecule has 0 atom stereocenters. The van der Waals surface area contributed by atoms with Crippen molar-refractivity contribution in [3.8, 4) is 6.08 Å². The number of oxazole rings is 1. The highest BCUT2D eigenvalue weighted by atomic mass is 16.6. The van der Waals surface area contributed by atoms with E-state index in [9.17, 15) is 0 Å². The zero-order valence-electron chi connectivity index (χ0n) is 7.40. The van der Waals surface area contributed by atoms with Gasteiger partial charge in [0.25, 0.3) is 0 Å². The van der Waals surface area contributed by atoms with Crippen LogP contribution in [0.25, 0.3) is 0 Å². The number of aliphatic hydroxyl groups excluding tert-OH is 1. The van der Waals surface area contributed by atoms with Crippen molar-refractivity contribution < 1.29 is 14.3 Å². The third-order valence-corrected chi connectivity index (χ3v) is 1.47. The lowest BCUT2D eigenvalue weighted by Gasteiger charge is -1.97. The minimum Gasteiger partial charge on any atom is -0.450 e. The number of hydrogen-bond acceptors (Lipinski definition) is 4. The summed E-state index contributed by atoms with van der Waals surface area (Å²) in [6, 6.07) is 0. The molecule has 1 N–H and O–H groups in total. The number of aromatic nitrogens is 1. The van der Waals surface area contributed by atoms with Crippen LogP contribution in [0.15, 0.2) is 23.3 Å². The van der Waals surface area contributed by atoms with Crippen molar-refractivity contribution >= 4 is 0 Å². The molecule has 0 fully saturated rings. The highest BCUT2D eigenvalue weighted by Gasteiger charge is 2.02. The highest BCUT2D eigenvalue weighted by Crippen LogP contribution is 2.10. The molecule has 4 nitrogen and oxygen atoms in total. The molecule has 0 aliphatic heterocycles. The summed E-state index contributed by atoms with van der Waals surface area (Å²) >= 11 is 0. The van der Waals surface area contributed by atoms with Crippen molar-refractivity contribution in [3.05, 3.63) is 24.6 Å². The fraction of sp³-hybridized carbons (Fsp3) is 0.444. The first-order chi connectivity index (χ1) is 6.36. The topological polar surface area (TPSA) is 55.5 Å². The molecule has 1 aromatic heterocycles. The Balaban J connectivity index is 2.24. The van der Waals surface area contributed by atoms with Gasteiger partial charge >= 0.3 is 6.08 Å². The first-order valence-electron chi connectivity index (χ1n) is 4.15. The molecule has 0 aliphatic carbocycles. The number of rotatable bonds is 6. The summed E-state index contributed by atoms with van der Waals surface area (Å²) in [5, 5.41) is 8.67. The van der Waals surface area contributed by atoms with Gasteiger partial charge in [-0.05, 0) is 12.8 Å². The molecule has 0 saturated carbocycles. The second-order valence-corrected chi connectivity index (χ2v) is 2.54. The lowest BCUT2D eigenvalue weighted by atomic mass is 10.3. The smallest absolute Gasteiger partial charge is 0.393 e. The maximum atomic E-state index is 8.67. The van der Waals surface area contributed by atoms with Crippen molar-refractivity contribution in [2.24, 2.45) is 0 Å². The monoisotopic (exact) mass is 183 g/mol. The third kappa shape index (κ3) is 3.29. The van der Waals surface area contributed by atoms with E-state index < -0.39 is 0 Å². The Morgan fingerprint density at radius 3 is 3.15 bits per heavy atom. The lowest BCUT2D eigenvalue weighted by Crippen LogP contribution is -1.96. The zero-order chi connectivity index (χ0) is 9.52. The quantitative estimate of drug-likeness (QED) is 0.536. The fourth-order valence-corrected chi connectivity index (χ4v) is 0.814. The lowest BCUT2D eigenvalue weighted by molar-refractivity contribution is 0.227. The first-order valence-corrected chi connectivity index (χ1v) is 4.15. The van der Waals surface area contributed by atoms with Crippen LogP contribution in [0.1, 0.15) is 18.5 Å². The van der Waals surface area contributed by atoms with E-state index in [4.69, 9.17) is 14.3 Å². The summed E-state index contributed by atoms with van der Waals surface area (Å²) in [5.41, 5.74) is 0.485.